The van der Waals surface area contributed by atoms with E-state index >= 15 is 0 Å². The molecule has 1 heterocycles. The number of fused-ring (bicyclic) bond motifs is 1. The Morgan fingerprint density at radius 2 is 1.60 bits per heavy atom. The average Bonchev–Trinajstić information content (AvgIpc) is 3.25. The van der Waals surface area contributed by atoms with E-state index in [1.165, 1.54) is 42.2 Å². The number of anilines is 2. The van der Waals surface area contributed by atoms with Gasteiger partial charge in [0.25, 0.3) is 5.91 Å². The van der Waals surface area contributed by atoms with E-state index in [0.29, 0.717) is 21.3 Å². The van der Waals surface area contributed by atoms with Gasteiger partial charge in [-0.15, -0.1) is 11.3 Å². The number of aromatic nitrogens is 1. The van der Waals surface area contributed by atoms with Gasteiger partial charge in [-0.25, -0.2) is 9.78 Å². The number of benzene rings is 3. The molecule has 1 aromatic heterocycles. The number of hydrogen-bond acceptors (Lipinski definition) is 7. The summed E-state index contributed by atoms with van der Waals surface area (Å²) in [5.41, 5.74) is 2.41. The first kappa shape index (κ1) is 24.1. The van der Waals surface area contributed by atoms with Gasteiger partial charge in [0.15, 0.2) is 10.1 Å². The summed E-state index contributed by atoms with van der Waals surface area (Å²) < 4.78 is 1.51. The predicted molar refractivity (Wildman–Crippen MR) is 137 cm³/mol. The van der Waals surface area contributed by atoms with E-state index in [0.717, 1.165) is 10.2 Å². The lowest BCUT2D eigenvalue weighted by Gasteiger charge is -2.07. The number of thiazole rings is 1. The Hall–Kier alpha value is -4.02. The summed E-state index contributed by atoms with van der Waals surface area (Å²) in [6.45, 7) is 1.48. The Labute approximate surface area is 208 Å². The topological polar surface area (TPSA) is 125 Å². The maximum absolute atomic E-state index is 12.6. The van der Waals surface area contributed by atoms with Crippen molar-refractivity contribution >= 4 is 68.3 Å². The van der Waals surface area contributed by atoms with Gasteiger partial charge in [0.05, 0.1) is 27.1 Å². The van der Waals surface area contributed by atoms with Gasteiger partial charge in [0, 0.05) is 16.9 Å². The third-order valence-electron chi connectivity index (χ3n) is 4.93. The Bertz CT molecular complexity index is 1450. The third kappa shape index (κ3) is 5.92. The van der Waals surface area contributed by atoms with E-state index in [1.54, 1.807) is 54.6 Å². The van der Waals surface area contributed by atoms with Gasteiger partial charge in [-0.2, -0.15) is 0 Å². The molecule has 4 rings (SSSR count). The molecule has 3 N–H and O–H groups in total. The molecule has 0 saturated carbocycles. The van der Waals surface area contributed by atoms with Crippen LogP contribution in [0.4, 0.5) is 11.4 Å². The number of thioether (sulfide) groups is 1. The Morgan fingerprint density at radius 3 is 2.29 bits per heavy atom. The van der Waals surface area contributed by atoms with Crippen LogP contribution < -0.4 is 10.6 Å². The number of carbonyl (C=O) groups is 4. The molecule has 0 fully saturated rings. The number of ketones is 1. The van der Waals surface area contributed by atoms with Crippen LogP contribution in [0.25, 0.3) is 10.2 Å². The Morgan fingerprint density at radius 1 is 0.914 bits per heavy atom. The average molecular weight is 506 g/mol. The molecule has 176 valence electrons. The summed E-state index contributed by atoms with van der Waals surface area (Å²) in [6, 6.07) is 17.9. The van der Waals surface area contributed by atoms with Crippen molar-refractivity contribution in [3.05, 3.63) is 83.4 Å². The van der Waals surface area contributed by atoms with Crippen molar-refractivity contribution in [2.24, 2.45) is 0 Å². The second kappa shape index (κ2) is 10.5. The molecule has 0 aliphatic heterocycles. The second-order valence-electron chi connectivity index (χ2n) is 7.44. The zero-order valence-corrected chi connectivity index (χ0v) is 20.0. The van der Waals surface area contributed by atoms with E-state index < -0.39 is 11.9 Å². The number of carboxylic acid groups (broad SMARTS) is 1. The fraction of sp³-hybridized carbons (Fsp3) is 0.0800. The van der Waals surface area contributed by atoms with Crippen molar-refractivity contribution in [3.63, 3.8) is 0 Å². The molecule has 0 saturated heterocycles. The number of aromatic carboxylic acids is 1. The minimum Gasteiger partial charge on any atom is -0.478 e. The summed E-state index contributed by atoms with van der Waals surface area (Å²) in [6.07, 6.45) is 0. The van der Waals surface area contributed by atoms with Crippen LogP contribution in [0.2, 0.25) is 0 Å². The zero-order valence-electron chi connectivity index (χ0n) is 18.4. The maximum atomic E-state index is 12.6. The summed E-state index contributed by atoms with van der Waals surface area (Å²) in [5.74, 6) is -1.78. The highest BCUT2D eigenvalue weighted by atomic mass is 32.2. The number of carboxylic acids is 1. The number of nitrogens with zero attached hydrogens (tertiary/aromatic N) is 1. The highest BCUT2D eigenvalue weighted by molar-refractivity contribution is 8.01. The molecule has 0 aliphatic carbocycles. The SMILES string of the molecule is CC(=O)c1ccc(NC(=O)CSc2nc3ccc(NC(=O)c4ccccc4C(=O)O)cc3s2)cc1. The highest BCUT2D eigenvalue weighted by Crippen LogP contribution is 2.31. The molecule has 2 amide bonds. The number of carbonyl (C=O) groups excluding carboxylic acids is 3. The molecule has 35 heavy (non-hydrogen) atoms. The van der Waals surface area contributed by atoms with Crippen LogP contribution in [0.1, 0.15) is 38.0 Å². The van der Waals surface area contributed by atoms with Crippen LogP contribution in [-0.4, -0.2) is 39.4 Å². The molecule has 0 spiro atoms. The number of rotatable bonds is 8. The van der Waals surface area contributed by atoms with Gasteiger partial charge in [0.1, 0.15) is 0 Å². The minimum absolute atomic E-state index is 0.0398. The number of hydrogen-bond donors (Lipinski definition) is 3. The highest BCUT2D eigenvalue weighted by Gasteiger charge is 2.16. The molecule has 10 heteroatoms. The van der Waals surface area contributed by atoms with Crippen molar-refractivity contribution in [1.82, 2.24) is 4.98 Å². The smallest absolute Gasteiger partial charge is 0.336 e. The van der Waals surface area contributed by atoms with E-state index in [2.05, 4.69) is 15.6 Å². The van der Waals surface area contributed by atoms with Crippen molar-refractivity contribution in [1.29, 1.82) is 0 Å². The molecule has 8 nitrogen and oxygen atoms in total. The summed E-state index contributed by atoms with van der Waals surface area (Å²) >= 11 is 2.68. The van der Waals surface area contributed by atoms with Gasteiger partial charge in [-0.3, -0.25) is 14.4 Å². The van der Waals surface area contributed by atoms with Gasteiger partial charge in [0.2, 0.25) is 5.91 Å². The lowest BCUT2D eigenvalue weighted by Crippen LogP contribution is -2.16. The predicted octanol–water partition coefficient (Wildman–Crippen LogP) is 5.18. The molecule has 0 unspecified atom stereocenters. The van der Waals surface area contributed by atoms with Crippen LogP contribution in [0.5, 0.6) is 0 Å². The molecule has 0 radical (unpaired) electrons. The van der Waals surface area contributed by atoms with Gasteiger partial charge in [-0.05, 0) is 61.5 Å². The molecular weight excluding hydrogens is 486 g/mol. The summed E-state index contributed by atoms with van der Waals surface area (Å²) in [7, 11) is 0. The Balaban J connectivity index is 1.39. The fourth-order valence-electron chi connectivity index (χ4n) is 3.22. The summed E-state index contributed by atoms with van der Waals surface area (Å²) in [4.78, 5) is 52.1. The second-order valence-corrected chi connectivity index (χ2v) is 9.69. The molecule has 0 atom stereocenters. The van der Waals surface area contributed by atoms with Gasteiger partial charge >= 0.3 is 5.97 Å². The first-order chi connectivity index (χ1) is 16.8. The van der Waals surface area contributed by atoms with Gasteiger partial charge < -0.3 is 15.7 Å². The lowest BCUT2D eigenvalue weighted by atomic mass is 10.1. The lowest BCUT2D eigenvalue weighted by molar-refractivity contribution is -0.113. The van der Waals surface area contributed by atoms with Crippen LogP contribution in [0.15, 0.2) is 71.1 Å². The molecule has 0 aliphatic rings. The number of nitrogens with one attached hydrogen (secondary N) is 2. The van der Waals surface area contributed by atoms with Crippen molar-refractivity contribution in [2.75, 3.05) is 16.4 Å². The largest absolute Gasteiger partial charge is 0.478 e. The number of amides is 2. The van der Waals surface area contributed by atoms with E-state index in [-0.39, 0.29) is 28.6 Å². The quantitative estimate of drug-likeness (QED) is 0.222. The number of Topliss-reactive ketones (excluding diaryl/α,β-unsaturated/α-hetero) is 1. The minimum atomic E-state index is -1.17. The van der Waals surface area contributed by atoms with E-state index in [1.807, 2.05) is 0 Å². The molecule has 0 bridgehead atoms. The molecular formula is C25H19N3O5S2. The van der Waals surface area contributed by atoms with Crippen molar-refractivity contribution < 1.29 is 24.3 Å². The van der Waals surface area contributed by atoms with E-state index in [9.17, 15) is 24.3 Å². The van der Waals surface area contributed by atoms with Gasteiger partial charge in [-0.1, -0.05) is 23.9 Å². The van der Waals surface area contributed by atoms with Crippen LogP contribution in [0, 0.1) is 0 Å². The maximum Gasteiger partial charge on any atom is 0.336 e. The normalized spacial score (nSPS) is 10.7. The van der Waals surface area contributed by atoms with Crippen LogP contribution in [-0.2, 0) is 4.79 Å². The van der Waals surface area contributed by atoms with Crippen molar-refractivity contribution in [2.45, 2.75) is 11.3 Å². The monoisotopic (exact) mass is 505 g/mol. The zero-order chi connectivity index (χ0) is 24.9. The third-order valence-corrected chi connectivity index (χ3v) is 7.09. The molecule has 4 aromatic rings. The fourth-order valence-corrected chi connectivity index (χ4v) is 5.13. The first-order valence-electron chi connectivity index (χ1n) is 10.4. The first-order valence-corrected chi connectivity index (χ1v) is 12.2. The van der Waals surface area contributed by atoms with Crippen LogP contribution >= 0.6 is 23.1 Å². The van der Waals surface area contributed by atoms with Crippen LogP contribution in [0.3, 0.4) is 0 Å². The Kier molecular flexibility index (Phi) is 7.23. The van der Waals surface area contributed by atoms with Crippen molar-refractivity contribution in [3.8, 4) is 0 Å². The molecule has 3 aromatic carbocycles. The standard InChI is InChI=1S/C25H19N3O5S2/c1-14(29)15-6-8-16(9-7-15)26-22(30)13-34-25-28-20-11-10-17(12-21(20)35-25)27-23(31)18-4-2-3-5-19(18)24(32)33/h2-12H,13H2,1H3,(H,26,30)(H,27,31)(H,32,33). The summed E-state index contributed by atoms with van der Waals surface area (Å²) in [5, 5.41) is 14.8. The van der Waals surface area contributed by atoms with E-state index in [4.69, 9.17) is 0 Å².